The molecule has 3 aromatic rings. The van der Waals surface area contributed by atoms with E-state index in [4.69, 9.17) is 0 Å². The minimum Gasteiger partial charge on any atom is -0.465 e. The van der Waals surface area contributed by atoms with Crippen molar-refractivity contribution in [3.63, 3.8) is 0 Å². The normalized spacial score (nSPS) is 11.1. The lowest BCUT2D eigenvalue weighted by Gasteiger charge is -2.12. The number of hydrogen-bond donors (Lipinski definition) is 1. The van der Waals surface area contributed by atoms with Gasteiger partial charge in [-0.15, -0.1) is 0 Å². The van der Waals surface area contributed by atoms with Crippen LogP contribution in [0.25, 0.3) is 11.8 Å². The number of rotatable bonds is 5. The molecule has 3 rings (SSSR count). The van der Waals surface area contributed by atoms with Crippen LogP contribution in [0.5, 0.6) is 0 Å². The third-order valence-electron chi connectivity index (χ3n) is 5.45. The molecule has 0 aliphatic carbocycles. The van der Waals surface area contributed by atoms with Gasteiger partial charge in [-0.05, 0) is 92.9 Å². The van der Waals surface area contributed by atoms with E-state index in [1.54, 1.807) is 30.3 Å². The number of nitrogens with one attached hydrogen (secondary N) is 1. The summed E-state index contributed by atoms with van der Waals surface area (Å²) in [6.07, 6.45) is 1.60. The molecule has 1 heterocycles. The molecule has 1 aromatic heterocycles. The molecule has 32 heavy (non-hydrogen) atoms. The van der Waals surface area contributed by atoms with Gasteiger partial charge >= 0.3 is 5.97 Å². The Hall–Kier alpha value is -4.11. The fraction of sp³-hybridized carbons (Fsp3) is 0.192. The van der Waals surface area contributed by atoms with Crippen molar-refractivity contribution in [3.8, 4) is 11.8 Å². The molecular weight excluding hydrogens is 402 g/mol. The van der Waals surface area contributed by atoms with Crippen LogP contribution in [0.4, 0.5) is 5.69 Å². The van der Waals surface area contributed by atoms with Crippen molar-refractivity contribution in [2.45, 2.75) is 27.7 Å². The lowest BCUT2D eigenvalue weighted by molar-refractivity contribution is -0.112. The Morgan fingerprint density at radius 3 is 2.28 bits per heavy atom. The summed E-state index contributed by atoms with van der Waals surface area (Å²) in [6, 6.07) is 16.5. The van der Waals surface area contributed by atoms with Crippen LogP contribution in [-0.2, 0) is 9.53 Å². The Kier molecular flexibility index (Phi) is 6.60. The Morgan fingerprint density at radius 2 is 1.69 bits per heavy atom. The van der Waals surface area contributed by atoms with Crippen LogP contribution in [-0.4, -0.2) is 23.6 Å². The fourth-order valence-electron chi connectivity index (χ4n) is 3.51. The minimum atomic E-state index is -0.519. The molecule has 0 aliphatic heterocycles. The smallest absolute Gasteiger partial charge is 0.337 e. The third kappa shape index (κ3) is 4.62. The molecule has 0 aliphatic rings. The van der Waals surface area contributed by atoms with E-state index in [0.717, 1.165) is 22.6 Å². The van der Waals surface area contributed by atoms with Crippen LogP contribution in [0, 0.1) is 39.0 Å². The van der Waals surface area contributed by atoms with Crippen molar-refractivity contribution >= 4 is 23.6 Å². The molecule has 0 saturated carbocycles. The number of benzene rings is 2. The number of nitrogens with zero attached hydrogens (tertiary/aromatic N) is 2. The highest BCUT2D eigenvalue weighted by atomic mass is 16.5. The number of carbonyl (C=O) groups is 2. The van der Waals surface area contributed by atoms with Gasteiger partial charge in [0.05, 0.1) is 12.7 Å². The number of ether oxygens (including phenoxy) is 1. The first-order valence-corrected chi connectivity index (χ1v) is 10.1. The van der Waals surface area contributed by atoms with Gasteiger partial charge in [0.2, 0.25) is 0 Å². The van der Waals surface area contributed by atoms with Crippen LogP contribution in [0.1, 0.15) is 38.4 Å². The topological polar surface area (TPSA) is 84.1 Å². The summed E-state index contributed by atoms with van der Waals surface area (Å²) in [5, 5.41) is 12.3. The molecule has 0 radical (unpaired) electrons. The van der Waals surface area contributed by atoms with Crippen molar-refractivity contribution in [2.24, 2.45) is 0 Å². The van der Waals surface area contributed by atoms with Gasteiger partial charge in [0, 0.05) is 22.8 Å². The van der Waals surface area contributed by atoms with Crippen LogP contribution in [0.15, 0.2) is 54.1 Å². The van der Waals surface area contributed by atoms with E-state index < -0.39 is 11.9 Å². The van der Waals surface area contributed by atoms with Crippen molar-refractivity contribution in [1.82, 2.24) is 4.57 Å². The standard InChI is InChI=1S/C26H25N3O3/c1-16-6-11-24(12-17(16)2)29-18(3)13-21(19(29)4)14-22(15-27)25(30)28-23-9-7-20(8-10-23)26(31)32-5/h6-14H,1-5H3,(H,28,30)/b22-14-. The van der Waals surface area contributed by atoms with Gasteiger partial charge in [0.1, 0.15) is 11.6 Å². The number of aryl methyl sites for hydroxylation is 3. The second-order valence-electron chi connectivity index (χ2n) is 7.62. The minimum absolute atomic E-state index is 0.0117. The number of aromatic nitrogens is 1. The van der Waals surface area contributed by atoms with Crippen molar-refractivity contribution in [3.05, 3.63) is 87.7 Å². The average Bonchev–Trinajstić information content (AvgIpc) is 3.06. The number of anilines is 1. The molecule has 6 heteroatoms. The molecule has 0 atom stereocenters. The van der Waals surface area contributed by atoms with Crippen molar-refractivity contribution < 1.29 is 14.3 Å². The van der Waals surface area contributed by atoms with Crippen molar-refractivity contribution in [1.29, 1.82) is 5.26 Å². The second kappa shape index (κ2) is 9.36. The summed E-state index contributed by atoms with van der Waals surface area (Å²) in [4.78, 5) is 24.2. The largest absolute Gasteiger partial charge is 0.465 e. The number of hydrogen-bond acceptors (Lipinski definition) is 4. The zero-order valence-corrected chi connectivity index (χ0v) is 18.8. The maximum atomic E-state index is 12.7. The van der Waals surface area contributed by atoms with Crippen LogP contribution in [0.2, 0.25) is 0 Å². The van der Waals surface area contributed by atoms with E-state index >= 15 is 0 Å². The number of esters is 1. The maximum Gasteiger partial charge on any atom is 0.337 e. The van der Waals surface area contributed by atoms with E-state index in [2.05, 4.69) is 46.7 Å². The number of carbonyl (C=O) groups excluding carboxylic acids is 2. The molecule has 0 spiro atoms. The first-order chi connectivity index (χ1) is 15.2. The first-order valence-electron chi connectivity index (χ1n) is 10.1. The highest BCUT2D eigenvalue weighted by Gasteiger charge is 2.15. The average molecular weight is 428 g/mol. The van der Waals surface area contributed by atoms with Gasteiger partial charge in [0.15, 0.2) is 0 Å². The van der Waals surface area contributed by atoms with Gasteiger partial charge in [-0.25, -0.2) is 4.79 Å². The Labute approximate surface area is 187 Å². The van der Waals surface area contributed by atoms with E-state index in [-0.39, 0.29) is 5.57 Å². The maximum absolute atomic E-state index is 12.7. The molecule has 0 bridgehead atoms. The number of methoxy groups -OCH3 is 1. The van der Waals surface area contributed by atoms with Gasteiger partial charge in [-0.2, -0.15) is 5.26 Å². The van der Waals surface area contributed by atoms with Crippen molar-refractivity contribution in [2.75, 3.05) is 12.4 Å². The molecule has 2 aromatic carbocycles. The highest BCUT2D eigenvalue weighted by molar-refractivity contribution is 6.09. The SMILES string of the molecule is COC(=O)c1ccc(NC(=O)/C(C#N)=C\c2cc(C)n(-c3ccc(C)c(C)c3)c2C)cc1. The molecular formula is C26H25N3O3. The Bertz CT molecular complexity index is 1260. The molecule has 6 nitrogen and oxygen atoms in total. The lowest BCUT2D eigenvalue weighted by atomic mass is 10.1. The van der Waals surface area contributed by atoms with Gasteiger partial charge in [0.25, 0.3) is 5.91 Å². The van der Waals surface area contributed by atoms with E-state index in [0.29, 0.717) is 11.3 Å². The third-order valence-corrected chi connectivity index (χ3v) is 5.45. The fourth-order valence-corrected chi connectivity index (χ4v) is 3.51. The highest BCUT2D eigenvalue weighted by Crippen LogP contribution is 2.24. The Balaban J connectivity index is 1.87. The molecule has 0 saturated heterocycles. The monoisotopic (exact) mass is 427 g/mol. The zero-order valence-electron chi connectivity index (χ0n) is 18.8. The number of amides is 1. The predicted octanol–water partition coefficient (Wildman–Crippen LogP) is 5.04. The summed E-state index contributed by atoms with van der Waals surface area (Å²) in [7, 11) is 1.30. The molecule has 0 fully saturated rings. The summed E-state index contributed by atoms with van der Waals surface area (Å²) in [6.45, 7) is 8.11. The Morgan fingerprint density at radius 1 is 1.00 bits per heavy atom. The van der Waals surface area contributed by atoms with E-state index in [1.165, 1.54) is 18.2 Å². The van der Waals surface area contributed by atoms with Gasteiger partial charge < -0.3 is 14.6 Å². The molecule has 0 unspecified atom stereocenters. The van der Waals surface area contributed by atoms with Crippen LogP contribution in [0.3, 0.4) is 0 Å². The van der Waals surface area contributed by atoms with Gasteiger partial charge in [-0.3, -0.25) is 4.79 Å². The van der Waals surface area contributed by atoms with E-state index in [9.17, 15) is 14.9 Å². The quantitative estimate of drug-likeness (QED) is 0.351. The van der Waals surface area contributed by atoms with E-state index in [1.807, 2.05) is 26.0 Å². The van der Waals surface area contributed by atoms with Crippen LogP contribution >= 0.6 is 0 Å². The van der Waals surface area contributed by atoms with Crippen LogP contribution < -0.4 is 5.32 Å². The summed E-state index contributed by atoms with van der Waals surface area (Å²) >= 11 is 0. The number of nitriles is 1. The first kappa shape index (κ1) is 22.6. The summed E-state index contributed by atoms with van der Waals surface area (Å²) in [5.74, 6) is -0.978. The van der Waals surface area contributed by atoms with Gasteiger partial charge in [-0.1, -0.05) is 6.07 Å². The predicted molar refractivity (Wildman–Crippen MR) is 125 cm³/mol. The molecule has 1 amide bonds. The lowest BCUT2D eigenvalue weighted by Crippen LogP contribution is -2.13. The molecule has 1 N–H and O–H groups in total. The zero-order chi connectivity index (χ0) is 23.4. The molecule has 162 valence electrons. The second-order valence-corrected chi connectivity index (χ2v) is 7.62. The summed E-state index contributed by atoms with van der Waals surface area (Å²) < 4.78 is 6.77. The summed E-state index contributed by atoms with van der Waals surface area (Å²) in [5.41, 5.74) is 7.04.